The number of aliphatic hydroxyl groups excluding tert-OH is 1. The third-order valence-electron chi connectivity index (χ3n) is 2.33. The van der Waals surface area contributed by atoms with Gasteiger partial charge < -0.3 is 9.84 Å². The zero-order valence-corrected chi connectivity index (χ0v) is 9.51. The number of aryl methyl sites for hydroxylation is 1. The van der Waals surface area contributed by atoms with Crippen molar-refractivity contribution in [2.75, 3.05) is 13.7 Å². The molecule has 1 aromatic rings. The zero-order chi connectivity index (χ0) is 12.0. The van der Waals surface area contributed by atoms with E-state index in [0.717, 1.165) is 11.1 Å². The van der Waals surface area contributed by atoms with Crippen molar-refractivity contribution >= 4 is 5.97 Å². The van der Waals surface area contributed by atoms with Crippen LogP contribution in [0.3, 0.4) is 0 Å². The molecule has 86 valence electrons. The molecule has 0 heterocycles. The number of aliphatic hydroxyl groups is 1. The fraction of sp³-hybridized carbons (Fsp3) is 0.308. The number of methoxy groups -OCH3 is 1. The van der Waals surface area contributed by atoms with E-state index in [9.17, 15) is 4.79 Å². The molecule has 0 saturated heterocycles. The summed E-state index contributed by atoms with van der Waals surface area (Å²) in [4.78, 5) is 11.5. The first-order chi connectivity index (χ1) is 7.69. The molecule has 1 rings (SSSR count). The Bertz CT molecular complexity index is 365. The topological polar surface area (TPSA) is 46.5 Å². The van der Waals surface area contributed by atoms with Crippen LogP contribution in [0, 0.1) is 6.92 Å². The first-order valence-corrected chi connectivity index (χ1v) is 5.11. The zero-order valence-electron chi connectivity index (χ0n) is 9.51. The number of hydrogen-bond acceptors (Lipinski definition) is 3. The van der Waals surface area contributed by atoms with Crippen LogP contribution in [0.15, 0.2) is 36.4 Å². The normalized spacial score (nSPS) is 12.7. The van der Waals surface area contributed by atoms with E-state index >= 15 is 0 Å². The van der Waals surface area contributed by atoms with Crippen molar-refractivity contribution < 1.29 is 14.6 Å². The molecule has 0 bridgehead atoms. The largest absolute Gasteiger partial charge is 0.468 e. The fourth-order valence-electron chi connectivity index (χ4n) is 1.42. The van der Waals surface area contributed by atoms with Crippen molar-refractivity contribution in [2.24, 2.45) is 0 Å². The standard InChI is InChI=1S/C13H16O3/c1-10-5-7-11(8-6-10)12(4-3-9-14)13(15)16-2/h3-8,12,14H,9H2,1-2H3/b4-3+. The van der Waals surface area contributed by atoms with Crippen LogP contribution < -0.4 is 0 Å². The van der Waals surface area contributed by atoms with E-state index in [1.165, 1.54) is 7.11 Å². The summed E-state index contributed by atoms with van der Waals surface area (Å²) in [7, 11) is 1.36. The number of ether oxygens (including phenoxy) is 1. The SMILES string of the molecule is COC(=O)C(/C=C/CO)c1ccc(C)cc1. The molecular weight excluding hydrogens is 204 g/mol. The maximum Gasteiger partial charge on any atom is 0.317 e. The quantitative estimate of drug-likeness (QED) is 0.621. The van der Waals surface area contributed by atoms with Crippen LogP contribution in [0.2, 0.25) is 0 Å². The Morgan fingerprint density at radius 2 is 2.06 bits per heavy atom. The van der Waals surface area contributed by atoms with Gasteiger partial charge in [0.2, 0.25) is 0 Å². The smallest absolute Gasteiger partial charge is 0.317 e. The van der Waals surface area contributed by atoms with Gasteiger partial charge >= 0.3 is 5.97 Å². The van der Waals surface area contributed by atoms with Crippen molar-refractivity contribution in [3.05, 3.63) is 47.5 Å². The number of benzene rings is 1. The number of esters is 1. The second-order valence-electron chi connectivity index (χ2n) is 3.52. The molecule has 3 nitrogen and oxygen atoms in total. The van der Waals surface area contributed by atoms with Crippen LogP contribution in [0.25, 0.3) is 0 Å². The Hall–Kier alpha value is -1.61. The number of carbonyl (C=O) groups is 1. The molecule has 3 heteroatoms. The molecule has 0 radical (unpaired) electrons. The summed E-state index contributed by atoms with van der Waals surface area (Å²) in [6, 6.07) is 7.66. The highest BCUT2D eigenvalue weighted by Gasteiger charge is 2.17. The molecule has 1 atom stereocenters. The first-order valence-electron chi connectivity index (χ1n) is 5.11. The Morgan fingerprint density at radius 1 is 1.44 bits per heavy atom. The minimum Gasteiger partial charge on any atom is -0.468 e. The molecule has 0 aliphatic heterocycles. The lowest BCUT2D eigenvalue weighted by Gasteiger charge is -2.10. The van der Waals surface area contributed by atoms with Crippen LogP contribution in [0.4, 0.5) is 0 Å². The average molecular weight is 220 g/mol. The third-order valence-corrected chi connectivity index (χ3v) is 2.33. The van der Waals surface area contributed by atoms with Gasteiger partial charge in [0, 0.05) is 0 Å². The van der Waals surface area contributed by atoms with E-state index in [-0.39, 0.29) is 12.6 Å². The molecule has 1 aromatic carbocycles. The van der Waals surface area contributed by atoms with E-state index in [4.69, 9.17) is 9.84 Å². The van der Waals surface area contributed by atoms with Gasteiger partial charge in [0.1, 0.15) is 0 Å². The molecule has 0 aliphatic carbocycles. The van der Waals surface area contributed by atoms with E-state index in [1.54, 1.807) is 12.2 Å². The van der Waals surface area contributed by atoms with Crippen molar-refractivity contribution in [2.45, 2.75) is 12.8 Å². The molecular formula is C13H16O3. The van der Waals surface area contributed by atoms with Gasteiger partial charge in [0.15, 0.2) is 0 Å². The summed E-state index contributed by atoms with van der Waals surface area (Å²) in [6.45, 7) is 1.90. The van der Waals surface area contributed by atoms with E-state index in [0.29, 0.717) is 0 Å². The molecule has 1 N–H and O–H groups in total. The maximum absolute atomic E-state index is 11.5. The Morgan fingerprint density at radius 3 is 2.56 bits per heavy atom. The lowest BCUT2D eigenvalue weighted by Crippen LogP contribution is -2.12. The van der Waals surface area contributed by atoms with E-state index < -0.39 is 5.92 Å². The van der Waals surface area contributed by atoms with Crippen molar-refractivity contribution in [3.63, 3.8) is 0 Å². The van der Waals surface area contributed by atoms with Crippen LogP contribution in [0.1, 0.15) is 17.0 Å². The number of carbonyl (C=O) groups excluding carboxylic acids is 1. The average Bonchev–Trinajstić information content (AvgIpc) is 2.31. The lowest BCUT2D eigenvalue weighted by atomic mass is 9.98. The molecule has 0 saturated carbocycles. The first kappa shape index (κ1) is 12.5. The van der Waals surface area contributed by atoms with Gasteiger partial charge in [-0.15, -0.1) is 0 Å². The van der Waals surface area contributed by atoms with Crippen LogP contribution in [0.5, 0.6) is 0 Å². The van der Waals surface area contributed by atoms with Gasteiger partial charge in [-0.3, -0.25) is 4.79 Å². The molecule has 0 amide bonds. The van der Waals surface area contributed by atoms with Crippen molar-refractivity contribution in [3.8, 4) is 0 Å². The van der Waals surface area contributed by atoms with Crippen LogP contribution in [-0.4, -0.2) is 24.8 Å². The second-order valence-corrected chi connectivity index (χ2v) is 3.52. The second kappa shape index (κ2) is 6.08. The van der Waals surface area contributed by atoms with Gasteiger partial charge in [-0.05, 0) is 12.5 Å². The van der Waals surface area contributed by atoms with Gasteiger partial charge in [0.25, 0.3) is 0 Å². The molecule has 0 fully saturated rings. The Kier molecular flexibility index (Phi) is 4.73. The number of hydrogen-bond donors (Lipinski definition) is 1. The maximum atomic E-state index is 11.5. The van der Waals surface area contributed by atoms with Gasteiger partial charge in [0.05, 0.1) is 19.6 Å². The minimum absolute atomic E-state index is 0.0840. The van der Waals surface area contributed by atoms with Gasteiger partial charge in [-0.2, -0.15) is 0 Å². The van der Waals surface area contributed by atoms with E-state index in [1.807, 2.05) is 31.2 Å². The summed E-state index contributed by atoms with van der Waals surface area (Å²) in [5.41, 5.74) is 2.00. The number of rotatable bonds is 4. The third kappa shape index (κ3) is 3.21. The predicted molar refractivity (Wildman–Crippen MR) is 62.2 cm³/mol. The molecule has 1 unspecified atom stereocenters. The fourth-order valence-corrected chi connectivity index (χ4v) is 1.42. The summed E-state index contributed by atoms with van der Waals surface area (Å²) >= 11 is 0. The minimum atomic E-state index is -0.447. The molecule has 0 spiro atoms. The monoisotopic (exact) mass is 220 g/mol. The Labute approximate surface area is 95.4 Å². The summed E-state index contributed by atoms with van der Waals surface area (Å²) in [5, 5.41) is 8.72. The molecule has 16 heavy (non-hydrogen) atoms. The molecule has 0 aliphatic rings. The van der Waals surface area contributed by atoms with Crippen molar-refractivity contribution in [1.29, 1.82) is 0 Å². The highest BCUT2D eigenvalue weighted by atomic mass is 16.5. The summed E-state index contributed by atoms with van der Waals surface area (Å²) in [6.07, 6.45) is 3.19. The Balaban J connectivity index is 2.96. The van der Waals surface area contributed by atoms with Crippen LogP contribution in [-0.2, 0) is 9.53 Å². The highest BCUT2D eigenvalue weighted by Crippen LogP contribution is 2.19. The lowest BCUT2D eigenvalue weighted by molar-refractivity contribution is -0.141. The van der Waals surface area contributed by atoms with Gasteiger partial charge in [-0.25, -0.2) is 0 Å². The van der Waals surface area contributed by atoms with Crippen molar-refractivity contribution in [1.82, 2.24) is 0 Å². The van der Waals surface area contributed by atoms with Crippen LogP contribution >= 0.6 is 0 Å². The van der Waals surface area contributed by atoms with E-state index in [2.05, 4.69) is 0 Å². The predicted octanol–water partition coefficient (Wildman–Crippen LogP) is 1.80. The summed E-state index contributed by atoms with van der Waals surface area (Å²) < 4.78 is 4.72. The molecule has 0 aromatic heterocycles. The summed E-state index contributed by atoms with van der Waals surface area (Å²) in [5.74, 6) is -0.772. The highest BCUT2D eigenvalue weighted by molar-refractivity contribution is 5.80. The van der Waals surface area contributed by atoms with Gasteiger partial charge in [-0.1, -0.05) is 42.0 Å².